The van der Waals surface area contributed by atoms with E-state index in [4.69, 9.17) is 9.84 Å². The fourth-order valence-electron chi connectivity index (χ4n) is 2.71. The molecular formula is C17H25NO3. The zero-order valence-electron chi connectivity index (χ0n) is 13.0. The zero-order valence-corrected chi connectivity index (χ0v) is 13.0. The van der Waals surface area contributed by atoms with Gasteiger partial charge in [-0.3, -0.25) is 9.69 Å². The van der Waals surface area contributed by atoms with E-state index in [0.29, 0.717) is 6.61 Å². The molecule has 1 aliphatic rings. The van der Waals surface area contributed by atoms with Gasteiger partial charge in [-0.15, -0.1) is 0 Å². The van der Waals surface area contributed by atoms with E-state index in [1.807, 2.05) is 0 Å². The van der Waals surface area contributed by atoms with E-state index in [1.165, 1.54) is 16.7 Å². The Balaban J connectivity index is 1.73. The number of carbonyl (C=O) groups is 1. The molecule has 4 nitrogen and oxygen atoms in total. The first-order valence-corrected chi connectivity index (χ1v) is 7.66. The number of carboxylic acid groups (broad SMARTS) is 1. The molecule has 116 valence electrons. The molecule has 0 spiro atoms. The Morgan fingerprint density at radius 3 is 2.62 bits per heavy atom. The van der Waals surface area contributed by atoms with Gasteiger partial charge in [-0.05, 0) is 43.4 Å². The van der Waals surface area contributed by atoms with Crippen LogP contribution in [0.4, 0.5) is 0 Å². The van der Waals surface area contributed by atoms with Crippen LogP contribution in [0.2, 0.25) is 0 Å². The largest absolute Gasteiger partial charge is 0.481 e. The minimum Gasteiger partial charge on any atom is -0.481 e. The summed E-state index contributed by atoms with van der Waals surface area (Å²) in [5.41, 5.74) is 4.05. The van der Waals surface area contributed by atoms with Crippen molar-refractivity contribution >= 4 is 5.97 Å². The van der Waals surface area contributed by atoms with Crippen LogP contribution in [-0.4, -0.2) is 41.8 Å². The van der Waals surface area contributed by atoms with Gasteiger partial charge in [0.2, 0.25) is 0 Å². The van der Waals surface area contributed by atoms with Crippen LogP contribution in [0, 0.1) is 13.8 Å². The lowest BCUT2D eigenvalue weighted by molar-refractivity contribution is -0.138. The van der Waals surface area contributed by atoms with Crippen molar-refractivity contribution in [3.63, 3.8) is 0 Å². The minimum atomic E-state index is -0.790. The van der Waals surface area contributed by atoms with Gasteiger partial charge in [0, 0.05) is 19.6 Å². The smallest absolute Gasteiger partial charge is 0.305 e. The Hall–Kier alpha value is -1.39. The maximum atomic E-state index is 10.5. The van der Waals surface area contributed by atoms with Crippen LogP contribution in [0.1, 0.15) is 36.0 Å². The number of rotatable bonds is 6. The van der Waals surface area contributed by atoms with Crippen molar-refractivity contribution in [3.05, 3.63) is 34.9 Å². The number of likely N-dealkylation sites (tertiary alicyclic amines) is 1. The third-order valence-corrected chi connectivity index (χ3v) is 4.18. The molecule has 1 aromatic rings. The highest BCUT2D eigenvalue weighted by Crippen LogP contribution is 2.18. The summed E-state index contributed by atoms with van der Waals surface area (Å²) >= 11 is 0. The van der Waals surface area contributed by atoms with Crippen LogP contribution in [0.15, 0.2) is 18.2 Å². The number of piperidine rings is 1. The molecule has 0 atom stereocenters. The van der Waals surface area contributed by atoms with Crippen LogP contribution in [0.25, 0.3) is 0 Å². The SMILES string of the molecule is Cc1ccc(CN2CCC(OCCC(=O)O)CC2)cc1C. The highest BCUT2D eigenvalue weighted by Gasteiger charge is 2.19. The lowest BCUT2D eigenvalue weighted by atomic mass is 10.0. The predicted molar refractivity (Wildman–Crippen MR) is 82.4 cm³/mol. The van der Waals surface area contributed by atoms with E-state index >= 15 is 0 Å². The summed E-state index contributed by atoms with van der Waals surface area (Å²) in [6.45, 7) is 7.65. The Morgan fingerprint density at radius 2 is 2.00 bits per heavy atom. The first kappa shape index (κ1) is 16.0. The van der Waals surface area contributed by atoms with E-state index in [9.17, 15) is 4.79 Å². The second-order valence-electron chi connectivity index (χ2n) is 5.91. The van der Waals surface area contributed by atoms with Crippen molar-refractivity contribution in [3.8, 4) is 0 Å². The molecule has 0 aliphatic carbocycles. The monoisotopic (exact) mass is 291 g/mol. The van der Waals surface area contributed by atoms with Gasteiger partial charge in [0.25, 0.3) is 0 Å². The number of hydrogen-bond acceptors (Lipinski definition) is 3. The molecule has 0 unspecified atom stereocenters. The molecule has 0 saturated carbocycles. The lowest BCUT2D eigenvalue weighted by Crippen LogP contribution is -2.36. The molecule has 4 heteroatoms. The van der Waals surface area contributed by atoms with E-state index in [2.05, 4.69) is 36.9 Å². The quantitative estimate of drug-likeness (QED) is 0.875. The first-order chi connectivity index (χ1) is 10.0. The normalized spacial score (nSPS) is 17.0. The lowest BCUT2D eigenvalue weighted by Gasteiger charge is -2.32. The molecule has 1 N–H and O–H groups in total. The summed E-state index contributed by atoms with van der Waals surface area (Å²) < 4.78 is 5.62. The number of aryl methyl sites for hydroxylation is 2. The van der Waals surface area contributed by atoms with Crippen LogP contribution < -0.4 is 0 Å². The molecule has 1 saturated heterocycles. The molecule has 1 fully saturated rings. The molecular weight excluding hydrogens is 266 g/mol. The van der Waals surface area contributed by atoms with Gasteiger partial charge in [0.1, 0.15) is 0 Å². The average molecular weight is 291 g/mol. The number of hydrogen-bond donors (Lipinski definition) is 1. The Kier molecular flexibility index (Phi) is 5.76. The highest BCUT2D eigenvalue weighted by molar-refractivity contribution is 5.66. The van der Waals surface area contributed by atoms with Gasteiger partial charge in [0.05, 0.1) is 19.1 Å². The maximum Gasteiger partial charge on any atom is 0.305 e. The van der Waals surface area contributed by atoms with Crippen LogP contribution in [-0.2, 0) is 16.1 Å². The molecule has 21 heavy (non-hydrogen) atoms. The standard InChI is InChI=1S/C17H25NO3/c1-13-3-4-15(11-14(13)2)12-18-8-5-16(6-9-18)21-10-7-17(19)20/h3-4,11,16H,5-10,12H2,1-2H3,(H,19,20). The van der Waals surface area contributed by atoms with Gasteiger partial charge < -0.3 is 9.84 Å². The molecule has 1 heterocycles. The van der Waals surface area contributed by atoms with Gasteiger partial charge in [-0.1, -0.05) is 18.2 Å². The van der Waals surface area contributed by atoms with Crippen molar-refractivity contribution in [1.29, 1.82) is 0 Å². The summed E-state index contributed by atoms with van der Waals surface area (Å²) in [6, 6.07) is 6.66. The Bertz CT molecular complexity index is 479. The second kappa shape index (κ2) is 7.57. The molecule has 0 amide bonds. The van der Waals surface area contributed by atoms with E-state index in [-0.39, 0.29) is 12.5 Å². The number of ether oxygens (including phenoxy) is 1. The summed E-state index contributed by atoms with van der Waals surface area (Å²) in [6.07, 6.45) is 2.30. The minimum absolute atomic E-state index is 0.100. The number of carboxylic acids is 1. The van der Waals surface area contributed by atoms with Crippen molar-refractivity contribution in [1.82, 2.24) is 4.90 Å². The van der Waals surface area contributed by atoms with E-state index in [1.54, 1.807) is 0 Å². The van der Waals surface area contributed by atoms with Gasteiger partial charge in [-0.25, -0.2) is 0 Å². The molecule has 2 rings (SSSR count). The number of aliphatic carboxylic acids is 1. The predicted octanol–water partition coefficient (Wildman–Crippen LogP) is 2.76. The molecule has 0 bridgehead atoms. The Labute approximate surface area is 126 Å². The highest BCUT2D eigenvalue weighted by atomic mass is 16.5. The third kappa shape index (κ3) is 5.14. The van der Waals surface area contributed by atoms with Crippen molar-refractivity contribution in [2.45, 2.75) is 45.8 Å². The van der Waals surface area contributed by atoms with Gasteiger partial charge in [0.15, 0.2) is 0 Å². The van der Waals surface area contributed by atoms with E-state index in [0.717, 1.165) is 32.5 Å². The van der Waals surface area contributed by atoms with E-state index < -0.39 is 5.97 Å². The fraction of sp³-hybridized carbons (Fsp3) is 0.588. The van der Waals surface area contributed by atoms with Crippen molar-refractivity contribution in [2.24, 2.45) is 0 Å². The van der Waals surface area contributed by atoms with Gasteiger partial charge >= 0.3 is 5.97 Å². The summed E-state index contributed by atoms with van der Waals surface area (Å²) in [7, 11) is 0. The van der Waals surface area contributed by atoms with Crippen LogP contribution in [0.5, 0.6) is 0 Å². The topological polar surface area (TPSA) is 49.8 Å². The van der Waals surface area contributed by atoms with Crippen molar-refractivity contribution < 1.29 is 14.6 Å². The average Bonchev–Trinajstić information content (AvgIpc) is 2.44. The van der Waals surface area contributed by atoms with Crippen LogP contribution in [0.3, 0.4) is 0 Å². The number of nitrogens with zero attached hydrogens (tertiary/aromatic N) is 1. The molecule has 0 radical (unpaired) electrons. The van der Waals surface area contributed by atoms with Crippen LogP contribution >= 0.6 is 0 Å². The molecule has 1 aliphatic heterocycles. The van der Waals surface area contributed by atoms with Crippen molar-refractivity contribution in [2.75, 3.05) is 19.7 Å². The summed E-state index contributed by atoms with van der Waals surface area (Å²) in [5.74, 6) is -0.790. The summed E-state index contributed by atoms with van der Waals surface area (Å²) in [5, 5.41) is 8.60. The fourth-order valence-corrected chi connectivity index (χ4v) is 2.71. The molecule has 0 aromatic heterocycles. The first-order valence-electron chi connectivity index (χ1n) is 7.66. The third-order valence-electron chi connectivity index (χ3n) is 4.18. The summed E-state index contributed by atoms with van der Waals surface area (Å²) in [4.78, 5) is 12.9. The Morgan fingerprint density at radius 1 is 1.29 bits per heavy atom. The zero-order chi connectivity index (χ0) is 15.2. The second-order valence-corrected chi connectivity index (χ2v) is 5.91. The number of benzene rings is 1. The maximum absolute atomic E-state index is 10.5. The van der Waals surface area contributed by atoms with Gasteiger partial charge in [-0.2, -0.15) is 0 Å². The molecule has 1 aromatic carbocycles.